The summed E-state index contributed by atoms with van der Waals surface area (Å²) in [5.74, 6) is 0. The number of carbonyl (C=O) groups is 1. The number of benzene rings is 1. The highest BCUT2D eigenvalue weighted by Crippen LogP contribution is 2.16. The molecular weight excluding hydrogens is 204 g/mol. The fourth-order valence-electron chi connectivity index (χ4n) is 1.90. The molecule has 1 heterocycles. The normalized spacial score (nSPS) is 16.3. The van der Waals surface area contributed by atoms with Gasteiger partial charge in [0.25, 0.3) is 0 Å². The van der Waals surface area contributed by atoms with Gasteiger partial charge in [-0.3, -0.25) is 4.79 Å². The van der Waals surface area contributed by atoms with Gasteiger partial charge in [0.1, 0.15) is 0 Å². The second kappa shape index (κ2) is 4.99. The van der Waals surface area contributed by atoms with E-state index in [0.717, 1.165) is 43.8 Å². The van der Waals surface area contributed by atoms with Gasteiger partial charge in [0.05, 0.1) is 6.61 Å². The van der Waals surface area contributed by atoms with Crippen LogP contribution in [0.4, 0.5) is 5.69 Å². The van der Waals surface area contributed by atoms with Gasteiger partial charge in [-0.1, -0.05) is 12.1 Å². The highest BCUT2D eigenvalue weighted by atomic mass is 16.3. The second-order valence-electron chi connectivity index (χ2n) is 3.95. The highest BCUT2D eigenvalue weighted by Gasteiger charge is 2.15. The molecule has 0 atom stereocenters. The van der Waals surface area contributed by atoms with Crippen LogP contribution in [-0.4, -0.2) is 42.6 Å². The van der Waals surface area contributed by atoms with Crippen LogP contribution >= 0.6 is 0 Å². The zero-order valence-electron chi connectivity index (χ0n) is 9.17. The van der Waals surface area contributed by atoms with Gasteiger partial charge >= 0.3 is 0 Å². The lowest BCUT2D eigenvalue weighted by atomic mass is 10.2. The zero-order chi connectivity index (χ0) is 11.4. The van der Waals surface area contributed by atoms with Crippen molar-refractivity contribution in [2.45, 2.75) is 6.61 Å². The molecule has 1 N–H and O–H groups in total. The van der Waals surface area contributed by atoms with Crippen molar-refractivity contribution in [3.05, 3.63) is 29.8 Å². The third-order valence-corrected chi connectivity index (χ3v) is 2.95. The number of rotatable bonds is 3. The molecule has 1 fully saturated rings. The van der Waals surface area contributed by atoms with E-state index in [0.29, 0.717) is 0 Å². The summed E-state index contributed by atoms with van der Waals surface area (Å²) in [6.45, 7) is 3.39. The van der Waals surface area contributed by atoms with Crippen LogP contribution in [0, 0.1) is 0 Å². The summed E-state index contributed by atoms with van der Waals surface area (Å²) in [6, 6.07) is 7.90. The van der Waals surface area contributed by atoms with Crippen LogP contribution in [0.25, 0.3) is 0 Å². The van der Waals surface area contributed by atoms with Gasteiger partial charge in [0.2, 0.25) is 6.41 Å². The molecule has 0 spiro atoms. The first-order chi connectivity index (χ1) is 7.83. The van der Waals surface area contributed by atoms with Crippen molar-refractivity contribution in [2.24, 2.45) is 0 Å². The minimum atomic E-state index is 0.0825. The van der Waals surface area contributed by atoms with Crippen LogP contribution in [-0.2, 0) is 11.4 Å². The average Bonchev–Trinajstić information content (AvgIpc) is 2.39. The molecule has 0 unspecified atom stereocenters. The number of aliphatic hydroxyl groups is 1. The Morgan fingerprint density at radius 3 is 2.25 bits per heavy atom. The largest absolute Gasteiger partial charge is 0.392 e. The molecule has 1 saturated heterocycles. The number of aliphatic hydroxyl groups excluding tert-OH is 1. The van der Waals surface area contributed by atoms with Crippen LogP contribution in [0.1, 0.15) is 5.56 Å². The Balaban J connectivity index is 1.99. The summed E-state index contributed by atoms with van der Waals surface area (Å²) < 4.78 is 0. The van der Waals surface area contributed by atoms with Gasteiger partial charge in [-0.15, -0.1) is 0 Å². The van der Waals surface area contributed by atoms with Crippen LogP contribution in [0.5, 0.6) is 0 Å². The predicted octanol–water partition coefficient (Wildman–Crippen LogP) is 0.457. The Labute approximate surface area is 95.1 Å². The summed E-state index contributed by atoms with van der Waals surface area (Å²) in [5.41, 5.74) is 2.08. The number of carbonyl (C=O) groups excluding carboxylic acids is 1. The molecule has 1 amide bonds. The molecule has 1 aromatic carbocycles. The molecule has 0 bridgehead atoms. The van der Waals surface area contributed by atoms with E-state index in [2.05, 4.69) is 4.90 Å². The predicted molar refractivity (Wildman–Crippen MR) is 62.2 cm³/mol. The van der Waals surface area contributed by atoms with Crippen LogP contribution in [0.15, 0.2) is 24.3 Å². The first-order valence-corrected chi connectivity index (χ1v) is 5.47. The van der Waals surface area contributed by atoms with Gasteiger partial charge in [-0.25, -0.2) is 0 Å². The SMILES string of the molecule is O=CN1CCN(c2ccc(CO)cc2)CC1. The maximum atomic E-state index is 10.6. The van der Waals surface area contributed by atoms with E-state index in [1.807, 2.05) is 24.3 Å². The molecule has 4 nitrogen and oxygen atoms in total. The van der Waals surface area contributed by atoms with Crippen molar-refractivity contribution in [3.63, 3.8) is 0 Å². The topological polar surface area (TPSA) is 43.8 Å². The summed E-state index contributed by atoms with van der Waals surface area (Å²) in [6.07, 6.45) is 0.909. The second-order valence-corrected chi connectivity index (χ2v) is 3.95. The van der Waals surface area contributed by atoms with Crippen molar-refractivity contribution >= 4 is 12.1 Å². The van der Waals surface area contributed by atoms with E-state index >= 15 is 0 Å². The average molecular weight is 220 g/mol. The number of amides is 1. The Bertz CT molecular complexity index is 343. The lowest BCUT2D eigenvalue weighted by molar-refractivity contribution is -0.118. The molecule has 4 heteroatoms. The van der Waals surface area contributed by atoms with E-state index in [4.69, 9.17) is 5.11 Å². The lowest BCUT2D eigenvalue weighted by Gasteiger charge is -2.34. The zero-order valence-corrected chi connectivity index (χ0v) is 9.17. The summed E-state index contributed by atoms with van der Waals surface area (Å²) in [5, 5.41) is 8.95. The number of anilines is 1. The smallest absolute Gasteiger partial charge is 0.209 e. The number of nitrogens with zero attached hydrogens (tertiary/aromatic N) is 2. The lowest BCUT2D eigenvalue weighted by Crippen LogP contribution is -2.45. The molecule has 0 aromatic heterocycles. The van der Waals surface area contributed by atoms with E-state index < -0.39 is 0 Å². The first-order valence-electron chi connectivity index (χ1n) is 5.47. The minimum absolute atomic E-state index is 0.0825. The summed E-state index contributed by atoms with van der Waals surface area (Å²) in [7, 11) is 0. The van der Waals surface area contributed by atoms with Gasteiger partial charge in [-0.2, -0.15) is 0 Å². The van der Waals surface area contributed by atoms with E-state index in [1.54, 1.807) is 4.90 Å². The molecule has 2 rings (SSSR count). The minimum Gasteiger partial charge on any atom is -0.392 e. The molecule has 1 aromatic rings. The van der Waals surface area contributed by atoms with Gasteiger partial charge < -0.3 is 14.9 Å². The maximum Gasteiger partial charge on any atom is 0.209 e. The third kappa shape index (κ3) is 2.33. The van der Waals surface area contributed by atoms with Crippen LogP contribution in [0.3, 0.4) is 0 Å². The quantitative estimate of drug-likeness (QED) is 0.752. The van der Waals surface area contributed by atoms with E-state index in [1.165, 1.54) is 0 Å². The molecule has 1 aliphatic heterocycles. The summed E-state index contributed by atoms with van der Waals surface area (Å²) in [4.78, 5) is 14.6. The van der Waals surface area contributed by atoms with E-state index in [9.17, 15) is 4.79 Å². The Morgan fingerprint density at radius 1 is 1.12 bits per heavy atom. The molecule has 0 radical (unpaired) electrons. The fourth-order valence-corrected chi connectivity index (χ4v) is 1.90. The molecule has 86 valence electrons. The van der Waals surface area contributed by atoms with Crippen molar-refractivity contribution in [1.82, 2.24) is 4.90 Å². The number of hydrogen-bond acceptors (Lipinski definition) is 3. The third-order valence-electron chi connectivity index (χ3n) is 2.95. The van der Waals surface area contributed by atoms with Gasteiger partial charge in [0, 0.05) is 31.9 Å². The van der Waals surface area contributed by atoms with E-state index in [-0.39, 0.29) is 6.61 Å². The number of hydrogen-bond donors (Lipinski definition) is 1. The monoisotopic (exact) mass is 220 g/mol. The molecular formula is C12H16N2O2. The van der Waals surface area contributed by atoms with Gasteiger partial charge in [0.15, 0.2) is 0 Å². The molecule has 1 aliphatic rings. The van der Waals surface area contributed by atoms with Crippen molar-refractivity contribution in [1.29, 1.82) is 0 Å². The van der Waals surface area contributed by atoms with Gasteiger partial charge in [-0.05, 0) is 17.7 Å². The number of piperazine rings is 1. The Kier molecular flexibility index (Phi) is 3.41. The van der Waals surface area contributed by atoms with Crippen molar-refractivity contribution in [3.8, 4) is 0 Å². The Morgan fingerprint density at radius 2 is 1.75 bits per heavy atom. The molecule has 16 heavy (non-hydrogen) atoms. The first kappa shape index (κ1) is 11.0. The molecule has 0 saturated carbocycles. The standard InChI is InChI=1S/C12H16N2O2/c15-9-11-1-3-12(4-2-11)14-7-5-13(10-16)6-8-14/h1-4,10,15H,5-9H2. The van der Waals surface area contributed by atoms with Crippen LogP contribution < -0.4 is 4.90 Å². The van der Waals surface area contributed by atoms with Crippen molar-refractivity contribution in [2.75, 3.05) is 31.1 Å². The fraction of sp³-hybridized carbons (Fsp3) is 0.417. The Hall–Kier alpha value is -1.55. The van der Waals surface area contributed by atoms with Crippen LogP contribution in [0.2, 0.25) is 0 Å². The van der Waals surface area contributed by atoms with Crippen molar-refractivity contribution < 1.29 is 9.90 Å². The highest BCUT2D eigenvalue weighted by molar-refractivity contribution is 5.51. The molecule has 0 aliphatic carbocycles. The summed E-state index contributed by atoms with van der Waals surface area (Å²) >= 11 is 0. The maximum absolute atomic E-state index is 10.6.